The number of thiophene rings is 1. The molecule has 0 fully saturated rings. The number of methoxy groups -OCH3 is 1. The summed E-state index contributed by atoms with van der Waals surface area (Å²) in [7, 11) is -2.46. The molecular weight excluding hydrogens is 386 g/mol. The summed E-state index contributed by atoms with van der Waals surface area (Å²) >= 11 is 1.48. The van der Waals surface area contributed by atoms with Crippen LogP contribution in [-0.2, 0) is 10.0 Å². The molecule has 8 heteroatoms. The summed E-state index contributed by atoms with van der Waals surface area (Å²) in [4.78, 5) is 12.7. The maximum Gasteiger partial charge on any atom is 0.337 e. The lowest BCUT2D eigenvalue weighted by Gasteiger charge is -2.15. The monoisotopic (exact) mass is 403 g/mol. The van der Waals surface area contributed by atoms with Gasteiger partial charge in [-0.15, -0.1) is 11.3 Å². The minimum Gasteiger partial charge on any atom is -0.497 e. The Balaban J connectivity index is 2.04. The average molecular weight is 403 g/mol. The van der Waals surface area contributed by atoms with E-state index in [-0.39, 0.29) is 16.1 Å². The predicted octanol–water partition coefficient (Wildman–Crippen LogP) is 4.23. The molecule has 3 aromatic rings. The molecule has 0 saturated heterocycles. The highest BCUT2D eigenvalue weighted by Crippen LogP contribution is 2.32. The lowest BCUT2D eigenvalue weighted by Crippen LogP contribution is -2.16. The third kappa shape index (κ3) is 3.96. The van der Waals surface area contributed by atoms with Crippen molar-refractivity contribution in [3.63, 3.8) is 0 Å². The van der Waals surface area contributed by atoms with Crippen molar-refractivity contribution in [2.24, 2.45) is 0 Å². The molecule has 1 heterocycles. The number of benzene rings is 2. The molecule has 0 aliphatic carbocycles. The summed E-state index contributed by atoms with van der Waals surface area (Å²) in [5, 5.41) is 11.5. The molecule has 0 radical (unpaired) electrons. The number of hydrogen-bond donors (Lipinski definition) is 2. The first-order valence-corrected chi connectivity index (χ1v) is 10.3. The van der Waals surface area contributed by atoms with Crippen LogP contribution in [0, 0.1) is 6.92 Å². The molecule has 6 nitrogen and oxygen atoms in total. The van der Waals surface area contributed by atoms with Gasteiger partial charge >= 0.3 is 5.97 Å². The third-order valence-electron chi connectivity index (χ3n) is 3.98. The van der Waals surface area contributed by atoms with Crippen LogP contribution in [0.3, 0.4) is 0 Å². The van der Waals surface area contributed by atoms with Crippen molar-refractivity contribution in [3.05, 3.63) is 65.0 Å². The molecule has 3 rings (SSSR count). The largest absolute Gasteiger partial charge is 0.497 e. The van der Waals surface area contributed by atoms with Crippen LogP contribution in [0.2, 0.25) is 0 Å². The van der Waals surface area contributed by atoms with Gasteiger partial charge in [-0.2, -0.15) is 0 Å². The van der Waals surface area contributed by atoms with Gasteiger partial charge in [0.15, 0.2) is 0 Å². The zero-order valence-electron chi connectivity index (χ0n) is 14.6. The van der Waals surface area contributed by atoms with Crippen molar-refractivity contribution in [1.82, 2.24) is 0 Å². The highest BCUT2D eigenvalue weighted by molar-refractivity contribution is 7.92. The van der Waals surface area contributed by atoms with Crippen LogP contribution in [0.1, 0.15) is 15.9 Å². The topological polar surface area (TPSA) is 92.7 Å². The molecule has 0 aliphatic heterocycles. The second-order valence-electron chi connectivity index (χ2n) is 5.78. The van der Waals surface area contributed by atoms with Crippen LogP contribution in [-0.4, -0.2) is 26.6 Å². The van der Waals surface area contributed by atoms with Gasteiger partial charge in [-0.05, 0) is 65.9 Å². The van der Waals surface area contributed by atoms with Gasteiger partial charge < -0.3 is 9.84 Å². The van der Waals surface area contributed by atoms with E-state index in [4.69, 9.17) is 4.74 Å². The lowest BCUT2D eigenvalue weighted by molar-refractivity contribution is 0.0698. The van der Waals surface area contributed by atoms with E-state index in [1.807, 2.05) is 17.5 Å². The average Bonchev–Trinajstić information content (AvgIpc) is 3.17. The number of carbonyl (C=O) groups is 1. The number of hydrogen-bond acceptors (Lipinski definition) is 5. The van der Waals surface area contributed by atoms with Gasteiger partial charge in [0.2, 0.25) is 0 Å². The number of rotatable bonds is 6. The van der Waals surface area contributed by atoms with Crippen molar-refractivity contribution < 1.29 is 23.1 Å². The van der Waals surface area contributed by atoms with E-state index >= 15 is 0 Å². The minimum atomic E-state index is -3.95. The van der Waals surface area contributed by atoms with Crippen molar-refractivity contribution in [1.29, 1.82) is 0 Å². The number of carboxylic acid groups (broad SMARTS) is 1. The fourth-order valence-corrected chi connectivity index (χ4v) is 4.49. The summed E-state index contributed by atoms with van der Waals surface area (Å²) in [5.41, 5.74) is 1.21. The number of anilines is 1. The Hall–Kier alpha value is -2.84. The molecule has 0 bridgehead atoms. The first-order valence-electron chi connectivity index (χ1n) is 7.90. The molecule has 140 valence electrons. The zero-order chi connectivity index (χ0) is 19.6. The Morgan fingerprint density at radius 3 is 2.41 bits per heavy atom. The highest BCUT2D eigenvalue weighted by atomic mass is 32.2. The normalized spacial score (nSPS) is 11.2. The molecule has 1 aromatic heterocycles. The fraction of sp³-hybridized carbons (Fsp3) is 0.105. The van der Waals surface area contributed by atoms with Crippen molar-refractivity contribution in [2.75, 3.05) is 11.8 Å². The Labute approximate surface area is 161 Å². The van der Waals surface area contributed by atoms with Crippen LogP contribution in [0.4, 0.5) is 5.69 Å². The van der Waals surface area contributed by atoms with E-state index in [0.29, 0.717) is 11.3 Å². The van der Waals surface area contributed by atoms with Crippen LogP contribution < -0.4 is 9.46 Å². The molecule has 0 amide bonds. The number of aromatic carboxylic acids is 1. The second-order valence-corrected chi connectivity index (χ2v) is 8.41. The quantitative estimate of drug-likeness (QED) is 0.642. The maximum atomic E-state index is 12.7. The van der Waals surface area contributed by atoms with E-state index in [9.17, 15) is 18.3 Å². The molecule has 27 heavy (non-hydrogen) atoms. The molecule has 0 spiro atoms. The lowest BCUT2D eigenvalue weighted by atomic mass is 10.0. The highest BCUT2D eigenvalue weighted by Gasteiger charge is 2.21. The molecular formula is C19H17NO5S2. The van der Waals surface area contributed by atoms with Gasteiger partial charge in [-0.3, -0.25) is 4.72 Å². The Morgan fingerprint density at radius 2 is 1.85 bits per heavy atom. The molecule has 2 aromatic carbocycles. The first-order chi connectivity index (χ1) is 12.8. The zero-order valence-corrected chi connectivity index (χ0v) is 16.2. The van der Waals surface area contributed by atoms with E-state index < -0.39 is 16.0 Å². The van der Waals surface area contributed by atoms with Gasteiger partial charge in [0, 0.05) is 4.88 Å². The predicted molar refractivity (Wildman–Crippen MR) is 105 cm³/mol. The van der Waals surface area contributed by atoms with Crippen molar-refractivity contribution in [2.45, 2.75) is 11.8 Å². The third-order valence-corrected chi connectivity index (χ3v) is 6.26. The van der Waals surface area contributed by atoms with Crippen molar-refractivity contribution >= 4 is 33.0 Å². The second kappa shape index (κ2) is 7.42. The number of nitrogens with one attached hydrogen (secondary N) is 1. The van der Waals surface area contributed by atoms with Gasteiger partial charge in [0.1, 0.15) is 5.75 Å². The van der Waals surface area contributed by atoms with E-state index in [1.165, 1.54) is 48.8 Å². The van der Waals surface area contributed by atoms with Crippen molar-refractivity contribution in [3.8, 4) is 16.2 Å². The summed E-state index contributed by atoms with van der Waals surface area (Å²) in [6.45, 7) is 1.68. The summed E-state index contributed by atoms with van der Waals surface area (Å²) in [5.74, 6) is -0.680. The smallest absolute Gasteiger partial charge is 0.337 e. The molecule has 0 unspecified atom stereocenters. The van der Waals surface area contributed by atoms with Crippen LogP contribution >= 0.6 is 11.3 Å². The molecule has 0 aliphatic rings. The summed E-state index contributed by atoms with van der Waals surface area (Å²) < 4.78 is 32.8. The Kier molecular flexibility index (Phi) is 5.20. The number of sulfonamides is 1. The van der Waals surface area contributed by atoms with Gasteiger partial charge in [-0.25, -0.2) is 13.2 Å². The Bertz CT molecular complexity index is 1070. The van der Waals surface area contributed by atoms with E-state index in [2.05, 4.69) is 4.72 Å². The van der Waals surface area contributed by atoms with Crippen LogP contribution in [0.5, 0.6) is 5.75 Å². The minimum absolute atomic E-state index is 0.0152. The molecule has 0 atom stereocenters. The SMILES string of the molecule is COc1ccc(S(=O)(=O)Nc2c(C)cc(-c3cccs3)cc2C(=O)O)cc1. The number of carboxylic acids is 1. The van der Waals surface area contributed by atoms with Gasteiger partial charge in [-0.1, -0.05) is 6.07 Å². The van der Waals surface area contributed by atoms with Gasteiger partial charge in [0.25, 0.3) is 10.0 Å². The molecule has 2 N–H and O–H groups in total. The number of ether oxygens (including phenoxy) is 1. The summed E-state index contributed by atoms with van der Waals surface area (Å²) in [6, 6.07) is 12.9. The first kappa shape index (κ1) is 18.9. The Morgan fingerprint density at radius 1 is 1.15 bits per heavy atom. The van der Waals surface area contributed by atoms with Crippen LogP contribution in [0.25, 0.3) is 10.4 Å². The fourth-order valence-electron chi connectivity index (χ4n) is 2.62. The van der Waals surface area contributed by atoms with Gasteiger partial charge in [0.05, 0.1) is 23.3 Å². The molecule has 0 saturated carbocycles. The van der Waals surface area contributed by atoms with Crippen LogP contribution in [0.15, 0.2) is 58.8 Å². The van der Waals surface area contributed by atoms with E-state index in [0.717, 1.165) is 10.4 Å². The standard InChI is InChI=1S/C19H17NO5S2/c1-12-10-13(17-4-3-9-26-17)11-16(19(21)22)18(12)20-27(23,24)15-7-5-14(25-2)6-8-15/h3-11,20H,1-2H3,(H,21,22). The number of aryl methyl sites for hydroxylation is 1. The maximum absolute atomic E-state index is 12.7. The summed E-state index contributed by atoms with van der Waals surface area (Å²) in [6.07, 6.45) is 0. The van der Waals surface area contributed by atoms with E-state index in [1.54, 1.807) is 13.0 Å².